The molecule has 2 aromatic rings. The molecule has 0 spiro atoms. The fourth-order valence-electron chi connectivity index (χ4n) is 2.04. The molecule has 0 aromatic heterocycles. The first-order chi connectivity index (χ1) is 12.8. The molecule has 27 heavy (non-hydrogen) atoms. The average Bonchev–Trinajstić information content (AvgIpc) is 2.62. The summed E-state index contributed by atoms with van der Waals surface area (Å²) in [4.78, 5) is 35.5. The second-order valence-electron chi connectivity index (χ2n) is 5.40. The Hall–Kier alpha value is -2.83. The molecule has 0 saturated carbocycles. The zero-order valence-corrected chi connectivity index (χ0v) is 15.8. The van der Waals surface area contributed by atoms with Gasteiger partial charge in [0.25, 0.3) is 5.91 Å². The number of benzene rings is 2. The average molecular weight is 407 g/mol. The molecule has 2 rings (SSSR count). The van der Waals surface area contributed by atoms with Crippen LogP contribution in [0.4, 0.5) is 5.69 Å². The van der Waals surface area contributed by atoms with Gasteiger partial charge in [-0.25, -0.2) is 4.79 Å². The second kappa shape index (κ2) is 9.75. The first kappa shape index (κ1) is 20.5. The molecule has 0 aliphatic carbocycles. The molecule has 8 heteroatoms. The monoisotopic (exact) mass is 406 g/mol. The van der Waals surface area contributed by atoms with E-state index in [1.165, 1.54) is 25.1 Å². The minimum Gasteiger partial charge on any atom is -0.451 e. The largest absolute Gasteiger partial charge is 0.451 e. The molecule has 6 nitrogen and oxygen atoms in total. The lowest BCUT2D eigenvalue weighted by Gasteiger charge is -2.10. The number of esters is 1. The molecule has 140 valence electrons. The maximum atomic E-state index is 12.2. The minimum absolute atomic E-state index is 0.0812. The standard InChI is InChI=1S/C19H16Cl2N2O4/c1-12(24)22-17(9-13-5-3-2-4-6-13)19(26)27-11-18(25)23-16-10-14(20)7-8-15(16)21/h2-10H,11H2,1H3,(H,22,24)(H,23,25)/b17-9-. The third-order valence-corrected chi connectivity index (χ3v) is 3.74. The Labute approximate surface area is 166 Å². The summed E-state index contributed by atoms with van der Waals surface area (Å²) in [5.41, 5.74) is 0.905. The molecule has 0 atom stereocenters. The summed E-state index contributed by atoms with van der Waals surface area (Å²) in [5, 5.41) is 5.58. The van der Waals surface area contributed by atoms with Gasteiger partial charge in [0.2, 0.25) is 5.91 Å². The molecule has 0 aliphatic rings. The van der Waals surface area contributed by atoms with Crippen molar-refractivity contribution in [1.82, 2.24) is 5.32 Å². The number of ether oxygens (including phenoxy) is 1. The van der Waals surface area contributed by atoms with Crippen molar-refractivity contribution < 1.29 is 19.1 Å². The molecule has 0 aliphatic heterocycles. The Morgan fingerprint density at radius 1 is 1.07 bits per heavy atom. The molecular weight excluding hydrogens is 391 g/mol. The Morgan fingerprint density at radius 2 is 1.78 bits per heavy atom. The lowest BCUT2D eigenvalue weighted by Crippen LogP contribution is -2.28. The Kier molecular flexibility index (Phi) is 7.40. The first-order valence-corrected chi connectivity index (χ1v) is 8.57. The smallest absolute Gasteiger partial charge is 0.355 e. The molecule has 2 amide bonds. The van der Waals surface area contributed by atoms with Gasteiger partial charge in [0.05, 0.1) is 10.7 Å². The van der Waals surface area contributed by atoms with Crippen LogP contribution in [0.5, 0.6) is 0 Å². The van der Waals surface area contributed by atoms with Crippen LogP contribution in [0.3, 0.4) is 0 Å². The number of amides is 2. The summed E-state index contributed by atoms with van der Waals surface area (Å²) in [6, 6.07) is 13.5. The zero-order valence-electron chi connectivity index (χ0n) is 14.3. The molecule has 0 fully saturated rings. The number of rotatable bonds is 6. The van der Waals surface area contributed by atoms with Crippen LogP contribution in [0.15, 0.2) is 54.2 Å². The van der Waals surface area contributed by atoms with Crippen LogP contribution in [-0.2, 0) is 19.1 Å². The lowest BCUT2D eigenvalue weighted by atomic mass is 10.2. The normalized spacial score (nSPS) is 10.9. The number of halogens is 2. The highest BCUT2D eigenvalue weighted by molar-refractivity contribution is 6.35. The highest BCUT2D eigenvalue weighted by Crippen LogP contribution is 2.25. The van der Waals surface area contributed by atoms with E-state index in [9.17, 15) is 14.4 Å². The summed E-state index contributed by atoms with van der Waals surface area (Å²) >= 11 is 11.8. The van der Waals surface area contributed by atoms with Gasteiger partial charge >= 0.3 is 5.97 Å². The van der Waals surface area contributed by atoms with Crippen molar-refractivity contribution >= 4 is 52.7 Å². The maximum Gasteiger partial charge on any atom is 0.355 e. The van der Waals surface area contributed by atoms with Crippen molar-refractivity contribution in [3.05, 3.63) is 69.8 Å². The molecule has 0 bridgehead atoms. The summed E-state index contributed by atoms with van der Waals surface area (Å²) in [6.45, 7) is 0.702. The third kappa shape index (κ3) is 6.77. The zero-order chi connectivity index (χ0) is 19.8. The van der Waals surface area contributed by atoms with E-state index in [2.05, 4.69) is 10.6 Å². The van der Waals surface area contributed by atoms with Crippen molar-refractivity contribution in [2.45, 2.75) is 6.92 Å². The van der Waals surface area contributed by atoms with E-state index < -0.39 is 24.4 Å². The Balaban J connectivity index is 2.02. The van der Waals surface area contributed by atoms with Gasteiger partial charge in [-0.15, -0.1) is 0 Å². The number of hydrogen-bond acceptors (Lipinski definition) is 4. The van der Waals surface area contributed by atoms with E-state index in [1.807, 2.05) is 6.07 Å². The van der Waals surface area contributed by atoms with Crippen molar-refractivity contribution in [3.63, 3.8) is 0 Å². The summed E-state index contributed by atoms with van der Waals surface area (Å²) in [7, 11) is 0. The number of nitrogens with one attached hydrogen (secondary N) is 2. The predicted molar refractivity (Wildman–Crippen MR) is 104 cm³/mol. The number of anilines is 1. The topological polar surface area (TPSA) is 84.5 Å². The van der Waals surface area contributed by atoms with Crippen LogP contribution in [0.2, 0.25) is 10.0 Å². The second-order valence-corrected chi connectivity index (χ2v) is 6.24. The fraction of sp³-hybridized carbons (Fsp3) is 0.105. The quantitative estimate of drug-likeness (QED) is 0.566. The fourth-order valence-corrected chi connectivity index (χ4v) is 2.38. The van der Waals surface area contributed by atoms with Gasteiger partial charge in [0.1, 0.15) is 5.70 Å². The van der Waals surface area contributed by atoms with Crippen LogP contribution in [0, 0.1) is 0 Å². The predicted octanol–water partition coefficient (Wildman–Crippen LogP) is 3.65. The highest BCUT2D eigenvalue weighted by Gasteiger charge is 2.15. The van der Waals surface area contributed by atoms with Crippen molar-refractivity contribution in [2.75, 3.05) is 11.9 Å². The van der Waals surface area contributed by atoms with Crippen LogP contribution < -0.4 is 10.6 Å². The highest BCUT2D eigenvalue weighted by atomic mass is 35.5. The van der Waals surface area contributed by atoms with Crippen LogP contribution >= 0.6 is 23.2 Å². The van der Waals surface area contributed by atoms with E-state index in [-0.39, 0.29) is 5.70 Å². The lowest BCUT2D eigenvalue weighted by molar-refractivity contribution is -0.144. The van der Waals surface area contributed by atoms with E-state index in [1.54, 1.807) is 30.3 Å². The van der Waals surface area contributed by atoms with Gasteiger partial charge in [-0.1, -0.05) is 53.5 Å². The van der Waals surface area contributed by atoms with Gasteiger partial charge in [0, 0.05) is 11.9 Å². The first-order valence-electron chi connectivity index (χ1n) is 7.81. The molecule has 2 N–H and O–H groups in total. The number of carbonyl (C=O) groups excluding carboxylic acids is 3. The molecular formula is C19H16Cl2N2O4. The van der Waals surface area contributed by atoms with Gasteiger partial charge in [-0.2, -0.15) is 0 Å². The molecule has 0 heterocycles. The summed E-state index contributed by atoms with van der Waals surface area (Å²) < 4.78 is 4.97. The minimum atomic E-state index is -0.846. The number of carbonyl (C=O) groups is 3. The molecule has 2 aromatic carbocycles. The maximum absolute atomic E-state index is 12.2. The van der Waals surface area contributed by atoms with E-state index in [4.69, 9.17) is 27.9 Å². The third-order valence-electron chi connectivity index (χ3n) is 3.18. The number of hydrogen-bond donors (Lipinski definition) is 2. The summed E-state index contributed by atoms with van der Waals surface area (Å²) in [6.07, 6.45) is 1.45. The van der Waals surface area contributed by atoms with E-state index in [0.29, 0.717) is 21.3 Å². The van der Waals surface area contributed by atoms with Gasteiger partial charge in [-0.05, 0) is 29.8 Å². The Morgan fingerprint density at radius 3 is 2.44 bits per heavy atom. The summed E-state index contributed by atoms with van der Waals surface area (Å²) in [5.74, 6) is -1.89. The van der Waals surface area contributed by atoms with Gasteiger partial charge in [0.15, 0.2) is 6.61 Å². The van der Waals surface area contributed by atoms with Crippen LogP contribution in [-0.4, -0.2) is 24.4 Å². The van der Waals surface area contributed by atoms with Crippen LogP contribution in [0.1, 0.15) is 12.5 Å². The van der Waals surface area contributed by atoms with Crippen molar-refractivity contribution in [2.24, 2.45) is 0 Å². The van der Waals surface area contributed by atoms with Crippen molar-refractivity contribution in [1.29, 1.82) is 0 Å². The van der Waals surface area contributed by atoms with Crippen molar-refractivity contribution in [3.8, 4) is 0 Å². The molecule has 0 radical (unpaired) electrons. The van der Waals surface area contributed by atoms with Crippen LogP contribution in [0.25, 0.3) is 6.08 Å². The van der Waals surface area contributed by atoms with Gasteiger partial charge < -0.3 is 15.4 Å². The van der Waals surface area contributed by atoms with Gasteiger partial charge in [-0.3, -0.25) is 9.59 Å². The molecule has 0 saturated heterocycles. The SMILES string of the molecule is CC(=O)N/C(=C\c1ccccc1)C(=O)OCC(=O)Nc1cc(Cl)ccc1Cl. The Bertz CT molecular complexity index is 883. The van der Waals surface area contributed by atoms with E-state index in [0.717, 1.165) is 0 Å². The van der Waals surface area contributed by atoms with E-state index >= 15 is 0 Å². The molecule has 0 unspecified atom stereocenters.